The summed E-state index contributed by atoms with van der Waals surface area (Å²) < 4.78 is 6.07. The standard InChI is InChI=1S/C20H36N4O/c1-5-21-19(22-16-12-24(13(2)3)11-14(16)4)23-17-15-7-10-25-18(15)20(17)8-6-9-20/h13-18H,5-12H2,1-4H3,(H2,21,22,23). The summed E-state index contributed by atoms with van der Waals surface area (Å²) in [6, 6.07) is 1.67. The minimum absolute atomic E-state index is 0.405. The third-order valence-corrected chi connectivity index (χ3v) is 7.34. The second-order valence-electron chi connectivity index (χ2n) is 9.05. The van der Waals surface area contributed by atoms with E-state index in [1.165, 1.54) is 32.2 Å². The molecular weight excluding hydrogens is 312 g/mol. The summed E-state index contributed by atoms with van der Waals surface area (Å²) >= 11 is 0. The fraction of sp³-hybridized carbons (Fsp3) is 0.950. The molecule has 25 heavy (non-hydrogen) atoms. The molecule has 0 amide bonds. The molecule has 4 aliphatic rings. The van der Waals surface area contributed by atoms with Crippen molar-refractivity contribution in [2.45, 2.75) is 77.6 Å². The van der Waals surface area contributed by atoms with Crippen LogP contribution in [0.2, 0.25) is 0 Å². The number of hydrogen-bond donors (Lipinski definition) is 2. The first-order valence-corrected chi connectivity index (χ1v) is 10.5. The van der Waals surface area contributed by atoms with E-state index in [0.29, 0.717) is 41.5 Å². The lowest BCUT2D eigenvalue weighted by molar-refractivity contribution is -0.171. The van der Waals surface area contributed by atoms with Gasteiger partial charge >= 0.3 is 0 Å². The summed E-state index contributed by atoms with van der Waals surface area (Å²) in [5.74, 6) is 2.39. The number of nitrogens with zero attached hydrogens (tertiary/aromatic N) is 2. The fourth-order valence-corrected chi connectivity index (χ4v) is 5.68. The number of likely N-dealkylation sites (tertiary alicyclic amines) is 1. The van der Waals surface area contributed by atoms with E-state index in [1.807, 2.05) is 0 Å². The molecule has 4 fully saturated rings. The van der Waals surface area contributed by atoms with Gasteiger partial charge in [0.25, 0.3) is 0 Å². The predicted molar refractivity (Wildman–Crippen MR) is 102 cm³/mol. The van der Waals surface area contributed by atoms with E-state index in [-0.39, 0.29) is 0 Å². The number of ether oxygens (including phenoxy) is 1. The van der Waals surface area contributed by atoms with Gasteiger partial charge in [-0.25, -0.2) is 0 Å². The van der Waals surface area contributed by atoms with Crippen molar-refractivity contribution in [3.8, 4) is 0 Å². The maximum absolute atomic E-state index is 6.07. The molecule has 2 saturated heterocycles. The Morgan fingerprint density at radius 1 is 1.28 bits per heavy atom. The number of aliphatic imine (C=N–C) groups is 1. The molecule has 2 N–H and O–H groups in total. The van der Waals surface area contributed by atoms with Crippen LogP contribution in [-0.4, -0.2) is 61.3 Å². The molecule has 142 valence electrons. The summed E-state index contributed by atoms with van der Waals surface area (Å²) in [6.07, 6.45) is 5.74. The normalized spacial score (nSPS) is 40.0. The van der Waals surface area contributed by atoms with Gasteiger partial charge in [0, 0.05) is 55.7 Å². The van der Waals surface area contributed by atoms with Crippen molar-refractivity contribution >= 4 is 5.96 Å². The van der Waals surface area contributed by atoms with Gasteiger partial charge in [0.2, 0.25) is 0 Å². The molecule has 5 nitrogen and oxygen atoms in total. The second kappa shape index (κ2) is 6.73. The van der Waals surface area contributed by atoms with E-state index >= 15 is 0 Å². The number of guanidine groups is 1. The molecule has 5 heteroatoms. The Kier molecular flexibility index (Phi) is 4.74. The lowest BCUT2D eigenvalue weighted by atomic mass is 9.46. The topological polar surface area (TPSA) is 48.9 Å². The summed E-state index contributed by atoms with van der Waals surface area (Å²) in [7, 11) is 0. The number of hydrogen-bond acceptors (Lipinski definition) is 3. The minimum Gasteiger partial charge on any atom is -0.377 e. The van der Waals surface area contributed by atoms with Crippen molar-refractivity contribution < 1.29 is 4.74 Å². The van der Waals surface area contributed by atoms with Gasteiger partial charge in [-0.3, -0.25) is 9.89 Å². The average molecular weight is 349 g/mol. The third kappa shape index (κ3) is 2.87. The largest absolute Gasteiger partial charge is 0.377 e. The quantitative estimate of drug-likeness (QED) is 0.604. The van der Waals surface area contributed by atoms with E-state index in [0.717, 1.165) is 25.7 Å². The van der Waals surface area contributed by atoms with Gasteiger partial charge in [-0.15, -0.1) is 0 Å². The van der Waals surface area contributed by atoms with Crippen molar-refractivity contribution in [1.29, 1.82) is 0 Å². The van der Waals surface area contributed by atoms with Gasteiger partial charge < -0.3 is 15.4 Å². The highest BCUT2D eigenvalue weighted by atomic mass is 16.5. The van der Waals surface area contributed by atoms with Crippen molar-refractivity contribution in [3.05, 3.63) is 0 Å². The molecule has 2 aliphatic heterocycles. The van der Waals surface area contributed by atoms with Gasteiger partial charge in [-0.1, -0.05) is 13.3 Å². The first-order chi connectivity index (χ1) is 12.0. The Morgan fingerprint density at radius 3 is 2.68 bits per heavy atom. The molecule has 2 aliphatic carbocycles. The number of fused-ring (bicyclic) bond motifs is 2. The van der Waals surface area contributed by atoms with Gasteiger partial charge in [-0.2, -0.15) is 0 Å². The van der Waals surface area contributed by atoms with Crippen molar-refractivity contribution in [2.24, 2.45) is 22.2 Å². The Labute approximate surface area is 153 Å². The summed E-state index contributed by atoms with van der Waals surface area (Å²) in [4.78, 5) is 7.36. The van der Waals surface area contributed by atoms with E-state index in [1.54, 1.807) is 0 Å². The first kappa shape index (κ1) is 17.6. The van der Waals surface area contributed by atoms with Crippen LogP contribution in [-0.2, 0) is 4.74 Å². The zero-order valence-electron chi connectivity index (χ0n) is 16.4. The maximum atomic E-state index is 6.07. The summed E-state index contributed by atoms with van der Waals surface area (Å²) in [6.45, 7) is 13.2. The van der Waals surface area contributed by atoms with Crippen LogP contribution in [0.3, 0.4) is 0 Å². The van der Waals surface area contributed by atoms with Gasteiger partial charge in [0.15, 0.2) is 5.96 Å². The molecule has 2 saturated carbocycles. The van der Waals surface area contributed by atoms with Crippen molar-refractivity contribution in [1.82, 2.24) is 15.5 Å². The second-order valence-corrected chi connectivity index (χ2v) is 9.05. The number of rotatable bonds is 4. The lowest BCUT2D eigenvalue weighted by Crippen LogP contribution is -2.72. The molecule has 5 unspecified atom stereocenters. The molecule has 5 atom stereocenters. The van der Waals surface area contributed by atoms with Crippen molar-refractivity contribution in [2.75, 3.05) is 26.2 Å². The molecule has 0 aromatic heterocycles. The third-order valence-electron chi connectivity index (χ3n) is 7.34. The Hall–Kier alpha value is -0.810. The van der Waals surface area contributed by atoms with E-state index in [2.05, 4.69) is 43.2 Å². The molecule has 0 aromatic carbocycles. The molecule has 4 rings (SSSR count). The van der Waals surface area contributed by atoms with Crippen LogP contribution in [0.25, 0.3) is 0 Å². The Bertz CT molecular complexity index is 516. The van der Waals surface area contributed by atoms with Crippen LogP contribution >= 0.6 is 0 Å². The molecular formula is C20H36N4O. The summed E-state index contributed by atoms with van der Waals surface area (Å²) in [5.41, 5.74) is 0.405. The van der Waals surface area contributed by atoms with E-state index in [9.17, 15) is 0 Å². The SMILES string of the molecule is CCN=C(NC1CN(C(C)C)CC1C)NC1C2CCOC2C12CCC2. The molecule has 2 heterocycles. The summed E-state index contributed by atoms with van der Waals surface area (Å²) in [5, 5.41) is 7.62. The molecule has 0 aromatic rings. The van der Waals surface area contributed by atoms with Crippen LogP contribution in [0.15, 0.2) is 4.99 Å². The van der Waals surface area contributed by atoms with Crippen LogP contribution < -0.4 is 10.6 Å². The van der Waals surface area contributed by atoms with E-state index in [4.69, 9.17) is 9.73 Å². The lowest BCUT2D eigenvalue weighted by Gasteiger charge is -2.63. The van der Waals surface area contributed by atoms with Gasteiger partial charge in [-0.05, 0) is 46.0 Å². The zero-order chi connectivity index (χ0) is 17.6. The zero-order valence-corrected chi connectivity index (χ0v) is 16.4. The smallest absolute Gasteiger partial charge is 0.191 e. The molecule has 0 radical (unpaired) electrons. The van der Waals surface area contributed by atoms with E-state index < -0.39 is 0 Å². The average Bonchev–Trinajstić information content (AvgIpc) is 3.09. The van der Waals surface area contributed by atoms with Gasteiger partial charge in [0.05, 0.1) is 6.10 Å². The maximum Gasteiger partial charge on any atom is 0.191 e. The highest BCUT2D eigenvalue weighted by Gasteiger charge is 2.66. The van der Waals surface area contributed by atoms with Crippen LogP contribution in [0, 0.1) is 17.3 Å². The van der Waals surface area contributed by atoms with Gasteiger partial charge in [0.1, 0.15) is 0 Å². The van der Waals surface area contributed by atoms with Crippen molar-refractivity contribution in [3.63, 3.8) is 0 Å². The highest BCUT2D eigenvalue weighted by molar-refractivity contribution is 5.81. The Morgan fingerprint density at radius 2 is 2.08 bits per heavy atom. The molecule has 1 spiro atoms. The fourth-order valence-electron chi connectivity index (χ4n) is 5.68. The minimum atomic E-state index is 0.405. The first-order valence-electron chi connectivity index (χ1n) is 10.5. The highest BCUT2D eigenvalue weighted by Crippen LogP contribution is 2.62. The number of nitrogens with one attached hydrogen (secondary N) is 2. The monoisotopic (exact) mass is 348 g/mol. The van der Waals surface area contributed by atoms with Crippen LogP contribution in [0.4, 0.5) is 0 Å². The predicted octanol–water partition coefficient (Wildman–Crippen LogP) is 2.23. The molecule has 0 bridgehead atoms. The Balaban J connectivity index is 1.41. The van der Waals surface area contributed by atoms with Crippen LogP contribution in [0.1, 0.15) is 53.4 Å². The van der Waals surface area contributed by atoms with Crippen LogP contribution in [0.5, 0.6) is 0 Å².